The van der Waals surface area contributed by atoms with Gasteiger partial charge >= 0.3 is 0 Å². The Morgan fingerprint density at radius 1 is 1.18 bits per heavy atom. The molecule has 0 aliphatic rings. The Morgan fingerprint density at radius 2 is 1.86 bits per heavy atom. The molecule has 6 heteroatoms. The normalized spacial score (nSPS) is 11.5. The van der Waals surface area contributed by atoms with Gasteiger partial charge in [-0.05, 0) is 23.8 Å². The molecule has 3 N–H and O–H groups in total. The number of amides is 2. The molecule has 114 valence electrons. The Hall–Kier alpha value is -2.53. The maximum atomic E-state index is 12.4. The second-order valence-electron chi connectivity index (χ2n) is 4.56. The van der Waals surface area contributed by atoms with Gasteiger partial charge in [0.2, 0.25) is 5.91 Å². The van der Waals surface area contributed by atoms with Gasteiger partial charge in [-0.1, -0.05) is 41.9 Å². The van der Waals surface area contributed by atoms with E-state index in [1.807, 2.05) is 6.07 Å². The lowest BCUT2D eigenvalue weighted by Crippen LogP contribution is -2.37. The fraction of sp³-hybridized carbons (Fsp3) is 0.125. The van der Waals surface area contributed by atoms with Crippen molar-refractivity contribution in [3.8, 4) is 5.75 Å². The van der Waals surface area contributed by atoms with Gasteiger partial charge in [-0.15, -0.1) is 0 Å². The lowest BCUT2D eigenvalue weighted by Gasteiger charge is -2.17. The topological polar surface area (TPSA) is 81.4 Å². The molecule has 0 aliphatic carbocycles. The molecule has 0 aromatic heterocycles. The van der Waals surface area contributed by atoms with E-state index in [0.29, 0.717) is 16.3 Å². The van der Waals surface area contributed by atoms with Gasteiger partial charge in [0.1, 0.15) is 11.8 Å². The van der Waals surface area contributed by atoms with Gasteiger partial charge in [-0.3, -0.25) is 9.59 Å². The van der Waals surface area contributed by atoms with Crippen molar-refractivity contribution >= 4 is 23.4 Å². The molecule has 2 rings (SSSR count). The predicted molar refractivity (Wildman–Crippen MR) is 83.8 cm³/mol. The van der Waals surface area contributed by atoms with Crippen molar-refractivity contribution in [2.24, 2.45) is 5.73 Å². The number of benzene rings is 2. The Labute approximate surface area is 133 Å². The summed E-state index contributed by atoms with van der Waals surface area (Å²) in [4.78, 5) is 24.0. The lowest BCUT2D eigenvalue weighted by atomic mass is 10.1. The summed E-state index contributed by atoms with van der Waals surface area (Å²) in [5.41, 5.74) is 6.26. The molecule has 0 radical (unpaired) electrons. The summed E-state index contributed by atoms with van der Waals surface area (Å²) in [6, 6.07) is 12.5. The molecule has 0 saturated heterocycles. The van der Waals surface area contributed by atoms with Crippen molar-refractivity contribution in [2.75, 3.05) is 7.11 Å². The van der Waals surface area contributed by atoms with E-state index in [9.17, 15) is 9.59 Å². The van der Waals surface area contributed by atoms with E-state index in [0.717, 1.165) is 0 Å². The second kappa shape index (κ2) is 6.95. The Bertz CT molecular complexity index is 689. The molecular weight excluding hydrogens is 304 g/mol. The number of rotatable bonds is 5. The van der Waals surface area contributed by atoms with Crippen LogP contribution in [0.4, 0.5) is 0 Å². The first-order chi connectivity index (χ1) is 10.5. The predicted octanol–water partition coefficient (Wildman–Crippen LogP) is 2.31. The van der Waals surface area contributed by atoms with Crippen LogP contribution in [-0.4, -0.2) is 18.9 Å². The molecular formula is C16H15ClN2O3. The van der Waals surface area contributed by atoms with E-state index < -0.39 is 17.9 Å². The van der Waals surface area contributed by atoms with Crippen LogP contribution >= 0.6 is 11.6 Å². The van der Waals surface area contributed by atoms with Crippen molar-refractivity contribution < 1.29 is 14.3 Å². The third kappa shape index (κ3) is 3.56. The van der Waals surface area contributed by atoms with E-state index in [1.165, 1.54) is 19.2 Å². The summed E-state index contributed by atoms with van der Waals surface area (Å²) >= 11 is 5.87. The van der Waals surface area contributed by atoms with Gasteiger partial charge in [0.25, 0.3) is 5.91 Å². The van der Waals surface area contributed by atoms with Crippen molar-refractivity contribution in [3.63, 3.8) is 0 Å². The highest BCUT2D eigenvalue weighted by molar-refractivity contribution is 6.30. The number of carbonyl (C=O) groups excluding carboxylic acids is 2. The summed E-state index contributed by atoms with van der Waals surface area (Å²) < 4.78 is 5.13. The van der Waals surface area contributed by atoms with Gasteiger partial charge in [-0.2, -0.15) is 0 Å². The maximum absolute atomic E-state index is 12.4. The molecule has 2 aromatic carbocycles. The minimum absolute atomic E-state index is 0.272. The number of nitrogens with one attached hydrogen (secondary N) is 1. The largest absolute Gasteiger partial charge is 0.496 e. The average Bonchev–Trinajstić information content (AvgIpc) is 2.52. The summed E-state index contributed by atoms with van der Waals surface area (Å²) in [5, 5.41) is 3.05. The molecule has 0 spiro atoms. The van der Waals surface area contributed by atoms with Crippen LogP contribution in [0.25, 0.3) is 0 Å². The van der Waals surface area contributed by atoms with Crippen molar-refractivity contribution in [1.29, 1.82) is 0 Å². The third-order valence-electron chi connectivity index (χ3n) is 3.10. The first-order valence-electron chi connectivity index (χ1n) is 6.51. The van der Waals surface area contributed by atoms with Crippen molar-refractivity contribution in [3.05, 3.63) is 64.7 Å². The zero-order valence-electron chi connectivity index (χ0n) is 11.9. The number of hydrogen-bond acceptors (Lipinski definition) is 3. The standard InChI is InChI=1S/C16H15ClN2O3/c1-22-13-9-11(17)7-8-12(13)16(21)19-14(15(18)20)10-5-3-2-4-6-10/h2-9,14H,1H3,(H2,18,20)(H,19,21)/t14-/m0/s1. The summed E-state index contributed by atoms with van der Waals surface area (Å²) in [5.74, 6) is -0.796. The van der Waals surface area contributed by atoms with Crippen LogP contribution in [0.1, 0.15) is 22.0 Å². The third-order valence-corrected chi connectivity index (χ3v) is 3.34. The molecule has 2 aromatic rings. The lowest BCUT2D eigenvalue weighted by molar-refractivity contribution is -0.120. The number of primary amides is 1. The minimum Gasteiger partial charge on any atom is -0.496 e. The first kappa shape index (κ1) is 15.9. The molecule has 0 heterocycles. The molecule has 2 amide bonds. The van der Waals surface area contributed by atoms with Gasteiger partial charge in [0, 0.05) is 5.02 Å². The van der Waals surface area contributed by atoms with E-state index in [-0.39, 0.29) is 5.56 Å². The number of hydrogen-bond donors (Lipinski definition) is 2. The fourth-order valence-electron chi connectivity index (χ4n) is 2.03. The number of ether oxygens (including phenoxy) is 1. The monoisotopic (exact) mass is 318 g/mol. The molecule has 5 nitrogen and oxygen atoms in total. The minimum atomic E-state index is -0.922. The number of carbonyl (C=O) groups is 2. The van der Waals surface area contributed by atoms with Crippen molar-refractivity contribution in [2.45, 2.75) is 6.04 Å². The van der Waals surface area contributed by atoms with Crippen LogP contribution in [0.2, 0.25) is 5.02 Å². The Kier molecular flexibility index (Phi) is 5.01. The zero-order valence-corrected chi connectivity index (χ0v) is 12.6. The van der Waals surface area contributed by atoms with Crippen LogP contribution in [0, 0.1) is 0 Å². The molecule has 0 saturated carbocycles. The summed E-state index contributed by atoms with van der Waals surface area (Å²) in [6.07, 6.45) is 0. The smallest absolute Gasteiger partial charge is 0.255 e. The number of nitrogens with two attached hydrogens (primary N) is 1. The second-order valence-corrected chi connectivity index (χ2v) is 5.00. The fourth-order valence-corrected chi connectivity index (χ4v) is 2.19. The van der Waals surface area contributed by atoms with Crippen molar-refractivity contribution in [1.82, 2.24) is 5.32 Å². The molecule has 0 fully saturated rings. The molecule has 22 heavy (non-hydrogen) atoms. The molecule has 1 atom stereocenters. The Balaban J connectivity index is 2.28. The van der Waals surface area contributed by atoms with Crippen LogP contribution in [0.15, 0.2) is 48.5 Å². The van der Waals surface area contributed by atoms with Crippen LogP contribution in [-0.2, 0) is 4.79 Å². The SMILES string of the molecule is COc1cc(Cl)ccc1C(=O)N[C@H](C(N)=O)c1ccccc1. The van der Waals surface area contributed by atoms with Crippen LogP contribution in [0.3, 0.4) is 0 Å². The highest BCUT2D eigenvalue weighted by atomic mass is 35.5. The van der Waals surface area contributed by atoms with E-state index >= 15 is 0 Å². The molecule has 0 aliphatic heterocycles. The molecule has 0 bridgehead atoms. The highest BCUT2D eigenvalue weighted by Gasteiger charge is 2.22. The first-order valence-corrected chi connectivity index (χ1v) is 6.89. The Morgan fingerprint density at radius 3 is 2.45 bits per heavy atom. The maximum Gasteiger partial charge on any atom is 0.255 e. The van der Waals surface area contributed by atoms with Gasteiger partial charge < -0.3 is 15.8 Å². The highest BCUT2D eigenvalue weighted by Crippen LogP contribution is 2.24. The van der Waals surface area contributed by atoms with E-state index in [4.69, 9.17) is 22.1 Å². The molecule has 0 unspecified atom stereocenters. The van der Waals surface area contributed by atoms with Gasteiger partial charge in [0.15, 0.2) is 0 Å². The van der Waals surface area contributed by atoms with Gasteiger partial charge in [-0.25, -0.2) is 0 Å². The van der Waals surface area contributed by atoms with Gasteiger partial charge in [0.05, 0.1) is 12.7 Å². The van der Waals surface area contributed by atoms with E-state index in [2.05, 4.69) is 5.32 Å². The average molecular weight is 319 g/mol. The summed E-state index contributed by atoms with van der Waals surface area (Å²) in [6.45, 7) is 0. The zero-order chi connectivity index (χ0) is 16.1. The van der Waals surface area contributed by atoms with Crippen LogP contribution < -0.4 is 15.8 Å². The van der Waals surface area contributed by atoms with E-state index in [1.54, 1.807) is 30.3 Å². The quantitative estimate of drug-likeness (QED) is 0.887. The summed E-state index contributed by atoms with van der Waals surface area (Å²) in [7, 11) is 1.44. The number of halogens is 1. The van der Waals surface area contributed by atoms with Crippen LogP contribution in [0.5, 0.6) is 5.75 Å². The number of methoxy groups -OCH3 is 1.